The first-order valence-corrected chi connectivity index (χ1v) is 9.76. The van der Waals surface area contributed by atoms with Crippen LogP contribution >= 0.6 is 0 Å². The number of nitrogens with one attached hydrogen (secondary N) is 1. The highest BCUT2D eigenvalue weighted by atomic mass is 32.2. The second kappa shape index (κ2) is 6.94. The summed E-state index contributed by atoms with van der Waals surface area (Å²) in [5.74, 6) is 0. The van der Waals surface area contributed by atoms with Crippen LogP contribution < -0.4 is 5.32 Å². The van der Waals surface area contributed by atoms with E-state index < -0.39 is 14.8 Å². The molecule has 2 aliphatic heterocycles. The van der Waals surface area contributed by atoms with E-state index in [2.05, 4.69) is 5.32 Å². The summed E-state index contributed by atoms with van der Waals surface area (Å²) in [6, 6.07) is -0.0295. The molecular formula is C15H29N3O4S. The van der Waals surface area contributed by atoms with Gasteiger partial charge in [0.1, 0.15) is 0 Å². The Morgan fingerprint density at radius 2 is 1.78 bits per heavy atom. The lowest BCUT2D eigenvalue weighted by molar-refractivity contribution is -0.0306. The SMILES string of the molecule is CCOC1CN(C(=O)NC2CCN(S(=O)(=O)C(C)(C)C)CC2)C1. The topological polar surface area (TPSA) is 79.0 Å². The molecule has 0 aromatic carbocycles. The molecule has 1 N–H and O–H groups in total. The Labute approximate surface area is 139 Å². The number of nitrogens with zero attached hydrogens (tertiary/aromatic N) is 2. The van der Waals surface area contributed by atoms with E-state index in [0.29, 0.717) is 45.6 Å². The van der Waals surface area contributed by atoms with Gasteiger partial charge in [0, 0.05) is 25.7 Å². The summed E-state index contributed by atoms with van der Waals surface area (Å²) >= 11 is 0. The number of hydrogen-bond acceptors (Lipinski definition) is 4. The zero-order valence-corrected chi connectivity index (χ0v) is 15.4. The Balaban J connectivity index is 1.76. The molecule has 23 heavy (non-hydrogen) atoms. The average molecular weight is 347 g/mol. The van der Waals surface area contributed by atoms with Crippen LogP contribution in [0.3, 0.4) is 0 Å². The Hall–Kier alpha value is -0.860. The van der Waals surface area contributed by atoms with Gasteiger partial charge in [0.25, 0.3) is 0 Å². The van der Waals surface area contributed by atoms with Gasteiger partial charge < -0.3 is 15.0 Å². The molecule has 2 saturated heterocycles. The van der Waals surface area contributed by atoms with Gasteiger partial charge in [-0.2, -0.15) is 0 Å². The Bertz CT molecular complexity index is 515. The highest BCUT2D eigenvalue weighted by Gasteiger charge is 2.38. The van der Waals surface area contributed by atoms with E-state index in [1.165, 1.54) is 0 Å². The molecule has 2 fully saturated rings. The summed E-state index contributed by atoms with van der Waals surface area (Å²) in [6.07, 6.45) is 1.47. The predicted molar refractivity (Wildman–Crippen MR) is 88.8 cm³/mol. The Kier molecular flexibility index (Phi) is 5.58. The second-order valence-electron chi connectivity index (χ2n) is 7.22. The number of carbonyl (C=O) groups is 1. The van der Waals surface area contributed by atoms with Crippen molar-refractivity contribution < 1.29 is 17.9 Å². The van der Waals surface area contributed by atoms with Gasteiger partial charge in [0.2, 0.25) is 10.0 Å². The number of urea groups is 1. The number of sulfonamides is 1. The van der Waals surface area contributed by atoms with Crippen LogP contribution in [0.25, 0.3) is 0 Å². The Morgan fingerprint density at radius 3 is 2.26 bits per heavy atom. The summed E-state index contributed by atoms with van der Waals surface area (Å²) in [4.78, 5) is 13.8. The van der Waals surface area contributed by atoms with E-state index in [0.717, 1.165) is 0 Å². The molecule has 2 amide bonds. The lowest BCUT2D eigenvalue weighted by Gasteiger charge is -2.40. The molecule has 0 unspecified atom stereocenters. The van der Waals surface area contributed by atoms with Crippen LogP contribution in [-0.2, 0) is 14.8 Å². The average Bonchev–Trinajstić information content (AvgIpc) is 2.41. The van der Waals surface area contributed by atoms with Crippen LogP contribution in [0.2, 0.25) is 0 Å². The maximum Gasteiger partial charge on any atom is 0.317 e. The third-order valence-electron chi connectivity index (χ3n) is 4.43. The normalized spacial score (nSPS) is 22.0. The first-order chi connectivity index (χ1) is 10.6. The monoisotopic (exact) mass is 347 g/mol. The number of rotatable bonds is 4. The molecule has 8 heteroatoms. The van der Waals surface area contributed by atoms with Crippen LogP contribution in [0.5, 0.6) is 0 Å². The van der Waals surface area contributed by atoms with Crippen molar-refractivity contribution in [1.29, 1.82) is 0 Å². The molecule has 0 aromatic rings. The zero-order chi connectivity index (χ0) is 17.3. The number of carbonyl (C=O) groups excluding carboxylic acids is 1. The maximum atomic E-state index is 12.4. The minimum absolute atomic E-state index is 0.0417. The van der Waals surface area contributed by atoms with Crippen molar-refractivity contribution in [2.24, 2.45) is 0 Å². The van der Waals surface area contributed by atoms with Gasteiger partial charge in [-0.15, -0.1) is 0 Å². The lowest BCUT2D eigenvalue weighted by atomic mass is 10.1. The molecule has 0 radical (unpaired) electrons. The van der Waals surface area contributed by atoms with Crippen molar-refractivity contribution in [3.63, 3.8) is 0 Å². The minimum atomic E-state index is -3.28. The van der Waals surface area contributed by atoms with E-state index in [9.17, 15) is 13.2 Å². The van der Waals surface area contributed by atoms with Crippen molar-refractivity contribution in [2.75, 3.05) is 32.8 Å². The second-order valence-corrected chi connectivity index (χ2v) is 9.91. The van der Waals surface area contributed by atoms with Gasteiger partial charge in [0.05, 0.1) is 23.9 Å². The minimum Gasteiger partial charge on any atom is -0.375 e. The molecule has 0 saturated carbocycles. The summed E-state index contributed by atoms with van der Waals surface area (Å²) < 4.78 is 31.0. The molecule has 0 bridgehead atoms. The number of likely N-dealkylation sites (tertiary alicyclic amines) is 1. The molecule has 2 aliphatic rings. The predicted octanol–water partition coefficient (Wildman–Crippen LogP) is 1.01. The standard InChI is InChI=1S/C15H29N3O4S/c1-5-22-13-10-17(11-13)14(19)16-12-6-8-18(9-7-12)23(20,21)15(2,3)4/h12-13H,5-11H2,1-4H3,(H,16,19). The molecule has 2 rings (SSSR count). The quantitative estimate of drug-likeness (QED) is 0.823. The highest BCUT2D eigenvalue weighted by molar-refractivity contribution is 7.90. The van der Waals surface area contributed by atoms with Crippen LogP contribution in [0.1, 0.15) is 40.5 Å². The van der Waals surface area contributed by atoms with E-state index >= 15 is 0 Å². The van der Waals surface area contributed by atoms with Crippen molar-refractivity contribution in [2.45, 2.75) is 57.4 Å². The largest absolute Gasteiger partial charge is 0.375 e. The third-order valence-corrected chi connectivity index (χ3v) is 7.03. The van der Waals surface area contributed by atoms with E-state index in [1.54, 1.807) is 30.0 Å². The van der Waals surface area contributed by atoms with Gasteiger partial charge in [-0.3, -0.25) is 0 Å². The fourth-order valence-corrected chi connectivity index (χ4v) is 4.30. The van der Waals surface area contributed by atoms with Gasteiger partial charge in [-0.05, 0) is 40.5 Å². The van der Waals surface area contributed by atoms with Crippen LogP contribution in [-0.4, -0.2) is 73.3 Å². The smallest absolute Gasteiger partial charge is 0.317 e. The highest BCUT2D eigenvalue weighted by Crippen LogP contribution is 2.24. The summed E-state index contributed by atoms with van der Waals surface area (Å²) in [6.45, 7) is 9.97. The fourth-order valence-electron chi connectivity index (χ4n) is 2.84. The lowest BCUT2D eigenvalue weighted by Crippen LogP contribution is -2.60. The first-order valence-electron chi connectivity index (χ1n) is 8.32. The fraction of sp³-hybridized carbons (Fsp3) is 0.933. The van der Waals surface area contributed by atoms with Gasteiger partial charge >= 0.3 is 6.03 Å². The summed E-state index contributed by atoms with van der Waals surface area (Å²) in [5.41, 5.74) is 0. The number of ether oxygens (including phenoxy) is 1. The molecule has 0 atom stereocenters. The van der Waals surface area contributed by atoms with Crippen LogP contribution in [0, 0.1) is 0 Å². The Morgan fingerprint density at radius 1 is 1.22 bits per heavy atom. The zero-order valence-electron chi connectivity index (χ0n) is 14.5. The van der Waals surface area contributed by atoms with E-state index in [1.807, 2.05) is 6.92 Å². The van der Waals surface area contributed by atoms with E-state index in [-0.39, 0.29) is 18.2 Å². The molecule has 2 heterocycles. The third kappa shape index (κ3) is 4.16. The van der Waals surface area contributed by atoms with Crippen molar-refractivity contribution >= 4 is 16.1 Å². The van der Waals surface area contributed by atoms with Crippen molar-refractivity contribution in [3.8, 4) is 0 Å². The number of piperidine rings is 1. The molecule has 7 nitrogen and oxygen atoms in total. The summed E-state index contributed by atoms with van der Waals surface area (Å²) in [5, 5.41) is 3.00. The van der Waals surface area contributed by atoms with Crippen molar-refractivity contribution in [3.05, 3.63) is 0 Å². The van der Waals surface area contributed by atoms with E-state index in [4.69, 9.17) is 4.74 Å². The number of amides is 2. The number of hydrogen-bond donors (Lipinski definition) is 1. The molecular weight excluding hydrogens is 318 g/mol. The van der Waals surface area contributed by atoms with Gasteiger partial charge in [-0.1, -0.05) is 0 Å². The molecule has 134 valence electrons. The van der Waals surface area contributed by atoms with Crippen LogP contribution in [0.4, 0.5) is 4.79 Å². The maximum absolute atomic E-state index is 12.4. The molecule has 0 aromatic heterocycles. The van der Waals surface area contributed by atoms with Crippen molar-refractivity contribution in [1.82, 2.24) is 14.5 Å². The summed E-state index contributed by atoms with van der Waals surface area (Å²) in [7, 11) is -3.28. The molecule has 0 spiro atoms. The molecule has 0 aliphatic carbocycles. The first kappa shape index (κ1) is 18.5. The van der Waals surface area contributed by atoms with Crippen LogP contribution in [0.15, 0.2) is 0 Å². The van der Waals surface area contributed by atoms with Gasteiger partial charge in [0.15, 0.2) is 0 Å². The van der Waals surface area contributed by atoms with Gasteiger partial charge in [-0.25, -0.2) is 17.5 Å².